The number of para-hydroxylation sites is 2. The highest BCUT2D eigenvalue weighted by Gasteiger charge is 2.17. The molecule has 0 saturated heterocycles. The van der Waals surface area contributed by atoms with Crippen molar-refractivity contribution in [1.82, 2.24) is 0 Å². The second kappa shape index (κ2) is 10.6. The minimum Gasteiger partial charge on any atom is -0.456 e. The van der Waals surface area contributed by atoms with Crippen molar-refractivity contribution in [3.8, 4) is 11.1 Å². The third-order valence-electron chi connectivity index (χ3n) is 10.0. The van der Waals surface area contributed by atoms with E-state index in [2.05, 4.69) is 144 Å². The van der Waals surface area contributed by atoms with Gasteiger partial charge in [-0.2, -0.15) is 0 Å². The van der Waals surface area contributed by atoms with Gasteiger partial charge in [0, 0.05) is 58.8 Å². The first-order valence-corrected chi connectivity index (χ1v) is 17.6. The number of benzene rings is 8. The molecule has 0 saturated carbocycles. The molecular formula is C46H27NO2S. The first-order chi connectivity index (χ1) is 24.7. The quantitative estimate of drug-likeness (QED) is 0.189. The summed E-state index contributed by atoms with van der Waals surface area (Å²) in [5.74, 6) is 0. The molecule has 0 amide bonds. The lowest BCUT2D eigenvalue weighted by molar-refractivity contribution is 0.668. The van der Waals surface area contributed by atoms with Crippen molar-refractivity contribution in [2.45, 2.75) is 0 Å². The lowest BCUT2D eigenvalue weighted by Crippen LogP contribution is -2.09. The van der Waals surface area contributed by atoms with E-state index in [0.29, 0.717) is 0 Å². The van der Waals surface area contributed by atoms with Crippen LogP contribution < -0.4 is 4.90 Å². The van der Waals surface area contributed by atoms with Gasteiger partial charge in [-0.3, -0.25) is 0 Å². The Balaban J connectivity index is 1.04. The molecule has 11 rings (SSSR count). The molecule has 0 spiro atoms. The Labute approximate surface area is 290 Å². The number of anilines is 3. The Morgan fingerprint density at radius 3 is 1.76 bits per heavy atom. The van der Waals surface area contributed by atoms with Gasteiger partial charge >= 0.3 is 0 Å². The van der Waals surface area contributed by atoms with Gasteiger partial charge < -0.3 is 13.7 Å². The Hall–Kier alpha value is -6.36. The fourth-order valence-corrected chi connectivity index (χ4v) is 8.74. The van der Waals surface area contributed by atoms with Crippen LogP contribution >= 0.6 is 11.3 Å². The maximum atomic E-state index is 6.20. The largest absolute Gasteiger partial charge is 0.456 e. The highest BCUT2D eigenvalue weighted by atomic mass is 32.1. The molecule has 0 unspecified atom stereocenters. The number of furan rings is 2. The summed E-state index contributed by atoms with van der Waals surface area (Å²) >= 11 is 1.84. The molecule has 0 aliphatic heterocycles. The van der Waals surface area contributed by atoms with Gasteiger partial charge in [0.25, 0.3) is 0 Å². The fraction of sp³-hybridized carbons (Fsp3) is 0. The second-order valence-electron chi connectivity index (χ2n) is 12.9. The first-order valence-electron chi connectivity index (χ1n) is 16.8. The summed E-state index contributed by atoms with van der Waals surface area (Å²) in [5, 5.41) is 9.49. The number of rotatable bonds is 4. The van der Waals surface area contributed by atoms with E-state index in [4.69, 9.17) is 8.83 Å². The van der Waals surface area contributed by atoms with Crippen LogP contribution in [0.4, 0.5) is 17.1 Å². The summed E-state index contributed by atoms with van der Waals surface area (Å²) in [6.45, 7) is 0. The molecule has 3 nitrogen and oxygen atoms in total. The number of fused-ring (bicyclic) bond motifs is 10. The van der Waals surface area contributed by atoms with Crippen molar-refractivity contribution in [1.29, 1.82) is 0 Å². The molecular weight excluding hydrogens is 631 g/mol. The van der Waals surface area contributed by atoms with E-state index < -0.39 is 0 Å². The van der Waals surface area contributed by atoms with Crippen LogP contribution in [-0.4, -0.2) is 0 Å². The normalized spacial score (nSPS) is 12.0. The first kappa shape index (κ1) is 27.6. The Morgan fingerprint density at radius 2 is 0.940 bits per heavy atom. The lowest BCUT2D eigenvalue weighted by Gasteiger charge is -2.26. The molecule has 0 radical (unpaired) electrons. The average molecular weight is 658 g/mol. The molecule has 0 atom stereocenters. The molecule has 0 fully saturated rings. The molecule has 50 heavy (non-hydrogen) atoms. The monoisotopic (exact) mass is 657 g/mol. The lowest BCUT2D eigenvalue weighted by atomic mass is 9.99. The smallest absolute Gasteiger partial charge is 0.136 e. The van der Waals surface area contributed by atoms with E-state index in [9.17, 15) is 0 Å². The van der Waals surface area contributed by atoms with Crippen LogP contribution in [0.15, 0.2) is 173 Å². The zero-order valence-corrected chi connectivity index (χ0v) is 27.6. The molecule has 0 bridgehead atoms. The summed E-state index contributed by atoms with van der Waals surface area (Å²) in [6, 6.07) is 58.6. The molecule has 8 aromatic carbocycles. The summed E-state index contributed by atoms with van der Waals surface area (Å²) in [4.78, 5) is 2.36. The van der Waals surface area contributed by atoms with E-state index in [1.54, 1.807) is 0 Å². The molecule has 0 aliphatic carbocycles. The third kappa shape index (κ3) is 4.22. The summed E-state index contributed by atoms with van der Waals surface area (Å²) < 4.78 is 14.9. The van der Waals surface area contributed by atoms with Gasteiger partial charge in [-0.05, 0) is 101 Å². The Bertz CT molecular complexity index is 3110. The van der Waals surface area contributed by atoms with Crippen molar-refractivity contribution in [3.05, 3.63) is 164 Å². The number of hydrogen-bond acceptors (Lipinski definition) is 4. The van der Waals surface area contributed by atoms with Crippen LogP contribution in [0.5, 0.6) is 0 Å². The fourth-order valence-electron chi connectivity index (χ4n) is 7.60. The van der Waals surface area contributed by atoms with Gasteiger partial charge in [0.15, 0.2) is 0 Å². The molecule has 0 N–H and O–H groups in total. The minimum absolute atomic E-state index is 0.891. The predicted octanol–water partition coefficient (Wildman–Crippen LogP) is 14.1. The van der Waals surface area contributed by atoms with Gasteiger partial charge in [0.05, 0.1) is 0 Å². The van der Waals surface area contributed by atoms with Crippen molar-refractivity contribution in [2.75, 3.05) is 4.90 Å². The maximum absolute atomic E-state index is 6.20. The van der Waals surface area contributed by atoms with Crippen LogP contribution in [0.3, 0.4) is 0 Å². The average Bonchev–Trinajstić information content (AvgIpc) is 3.84. The van der Waals surface area contributed by atoms with E-state index >= 15 is 0 Å². The number of hydrogen-bond donors (Lipinski definition) is 0. The van der Waals surface area contributed by atoms with Gasteiger partial charge in [-0.1, -0.05) is 84.9 Å². The van der Waals surface area contributed by atoms with Crippen LogP contribution in [0, 0.1) is 0 Å². The van der Waals surface area contributed by atoms with E-state index in [-0.39, 0.29) is 0 Å². The van der Waals surface area contributed by atoms with Crippen molar-refractivity contribution >= 4 is 103 Å². The second-order valence-corrected chi connectivity index (χ2v) is 14.0. The number of thiophene rings is 1. The molecule has 3 aromatic heterocycles. The standard InChI is InChI=1S/C46H27NO2S/c1-5-11-42-35(7-1)39-24-31-23-29(13-14-30(31)25-44(39)49-42)28-15-17-32(18-16-28)47(33-20-22-43-40(26-33)36-8-2-4-10-41(36)48-43)34-19-21-38-37-9-3-6-12-45(37)50-46(38)27-34/h1-27H. The predicted molar refractivity (Wildman–Crippen MR) is 212 cm³/mol. The highest BCUT2D eigenvalue weighted by Crippen LogP contribution is 2.43. The van der Waals surface area contributed by atoms with Crippen molar-refractivity contribution in [3.63, 3.8) is 0 Å². The van der Waals surface area contributed by atoms with Crippen LogP contribution in [0.1, 0.15) is 0 Å². The Morgan fingerprint density at radius 1 is 0.340 bits per heavy atom. The summed E-state index contributed by atoms with van der Waals surface area (Å²) in [5.41, 5.74) is 9.28. The van der Waals surface area contributed by atoms with Crippen LogP contribution in [-0.2, 0) is 0 Å². The summed E-state index contributed by atoms with van der Waals surface area (Å²) in [7, 11) is 0. The van der Waals surface area contributed by atoms with E-state index in [1.807, 2.05) is 35.6 Å². The van der Waals surface area contributed by atoms with E-state index in [0.717, 1.165) is 60.9 Å². The van der Waals surface area contributed by atoms with Crippen LogP contribution in [0.2, 0.25) is 0 Å². The Kier molecular flexibility index (Phi) is 5.83. The summed E-state index contributed by atoms with van der Waals surface area (Å²) in [6.07, 6.45) is 0. The topological polar surface area (TPSA) is 29.5 Å². The molecule has 11 aromatic rings. The van der Waals surface area contributed by atoms with Crippen molar-refractivity contribution < 1.29 is 8.83 Å². The SMILES string of the molecule is c1ccc2c(c1)oc1ccc(N(c3ccc(-c4ccc5cc6oc7ccccc7c6cc5c4)cc3)c3ccc4c(c3)sc3ccccc34)cc12. The van der Waals surface area contributed by atoms with Crippen LogP contribution in [0.25, 0.3) is 85.9 Å². The van der Waals surface area contributed by atoms with Gasteiger partial charge in [0.1, 0.15) is 22.3 Å². The molecule has 3 heterocycles. The van der Waals surface area contributed by atoms with Crippen molar-refractivity contribution in [2.24, 2.45) is 0 Å². The molecule has 234 valence electrons. The zero-order valence-electron chi connectivity index (χ0n) is 26.8. The van der Waals surface area contributed by atoms with Gasteiger partial charge in [-0.15, -0.1) is 11.3 Å². The third-order valence-corrected chi connectivity index (χ3v) is 11.2. The van der Waals surface area contributed by atoms with Gasteiger partial charge in [0.2, 0.25) is 0 Å². The molecule has 0 aliphatic rings. The highest BCUT2D eigenvalue weighted by molar-refractivity contribution is 7.25. The van der Waals surface area contributed by atoms with Gasteiger partial charge in [-0.25, -0.2) is 0 Å². The van der Waals surface area contributed by atoms with E-state index in [1.165, 1.54) is 42.1 Å². The number of nitrogens with zero attached hydrogens (tertiary/aromatic N) is 1. The zero-order chi connectivity index (χ0) is 32.8. The minimum atomic E-state index is 0.891. The molecule has 4 heteroatoms. The maximum Gasteiger partial charge on any atom is 0.136 e.